The molecule has 0 aliphatic heterocycles. The Hall–Kier alpha value is -1.56. The number of halogens is 3. The molecule has 0 spiro atoms. The van der Waals surface area contributed by atoms with Gasteiger partial charge in [-0.05, 0) is 35.9 Å². The lowest BCUT2D eigenvalue weighted by atomic mass is 10.1. The summed E-state index contributed by atoms with van der Waals surface area (Å²) in [6, 6.07) is 20.8. The summed E-state index contributed by atoms with van der Waals surface area (Å²) in [5.41, 5.74) is 2.61. The lowest BCUT2D eigenvalue weighted by Crippen LogP contribution is -2.21. The van der Waals surface area contributed by atoms with E-state index >= 15 is 0 Å². The fourth-order valence-electron chi connectivity index (χ4n) is 2.78. The van der Waals surface area contributed by atoms with Gasteiger partial charge < -0.3 is 15.2 Å². The number of benzene rings is 3. The molecule has 3 aromatic carbocycles. The van der Waals surface area contributed by atoms with Crippen LogP contribution in [0.5, 0.6) is 5.75 Å². The van der Waals surface area contributed by atoms with Gasteiger partial charge in [0, 0.05) is 38.7 Å². The van der Waals surface area contributed by atoms with Crippen molar-refractivity contribution >= 4 is 39.1 Å². The zero-order valence-electron chi connectivity index (χ0n) is 15.0. The average molecular weight is 481 g/mol. The van der Waals surface area contributed by atoms with Crippen LogP contribution in [-0.2, 0) is 13.2 Å². The number of hydrogen-bond donors (Lipinski definition) is 2. The van der Waals surface area contributed by atoms with Gasteiger partial charge in [0.2, 0.25) is 0 Å². The summed E-state index contributed by atoms with van der Waals surface area (Å²) < 4.78 is 6.94. The van der Waals surface area contributed by atoms with Crippen molar-refractivity contribution in [2.45, 2.75) is 19.3 Å². The lowest BCUT2D eigenvalue weighted by Gasteiger charge is -2.16. The van der Waals surface area contributed by atoms with Crippen LogP contribution in [0.2, 0.25) is 10.0 Å². The van der Waals surface area contributed by atoms with E-state index < -0.39 is 6.10 Å². The van der Waals surface area contributed by atoms with E-state index in [4.69, 9.17) is 27.9 Å². The number of aliphatic hydroxyl groups excluding tert-OH is 1. The molecule has 0 aliphatic rings. The fraction of sp³-hybridized carbons (Fsp3) is 0.182. The molecule has 0 fully saturated rings. The highest BCUT2D eigenvalue weighted by Crippen LogP contribution is 2.28. The van der Waals surface area contributed by atoms with Crippen molar-refractivity contribution < 1.29 is 9.84 Å². The average Bonchev–Trinajstić information content (AvgIpc) is 2.69. The predicted octanol–water partition coefficient (Wildman–Crippen LogP) is 6.16. The first-order valence-corrected chi connectivity index (χ1v) is 10.4. The van der Waals surface area contributed by atoms with E-state index in [2.05, 4.69) is 21.2 Å². The Kier molecular flexibility index (Phi) is 7.77. The van der Waals surface area contributed by atoms with Gasteiger partial charge in [-0.3, -0.25) is 0 Å². The van der Waals surface area contributed by atoms with Crippen LogP contribution in [0, 0.1) is 0 Å². The second-order valence-electron chi connectivity index (χ2n) is 6.30. The van der Waals surface area contributed by atoms with E-state index in [0.29, 0.717) is 23.1 Å². The molecule has 3 rings (SSSR count). The first-order chi connectivity index (χ1) is 13.5. The first kappa shape index (κ1) is 21.2. The lowest BCUT2D eigenvalue weighted by molar-refractivity contribution is 0.174. The van der Waals surface area contributed by atoms with E-state index in [0.717, 1.165) is 26.9 Å². The molecule has 0 bridgehead atoms. The largest absolute Gasteiger partial charge is 0.488 e. The molecule has 0 aliphatic carbocycles. The molecule has 0 amide bonds. The van der Waals surface area contributed by atoms with Crippen molar-refractivity contribution in [2.75, 3.05) is 6.54 Å². The molecular weight excluding hydrogens is 461 g/mol. The third-order valence-corrected chi connectivity index (χ3v) is 5.50. The minimum atomic E-state index is -0.570. The molecule has 1 unspecified atom stereocenters. The van der Waals surface area contributed by atoms with Crippen molar-refractivity contribution in [3.05, 3.63) is 97.9 Å². The second-order valence-corrected chi connectivity index (χ2v) is 8.03. The van der Waals surface area contributed by atoms with Gasteiger partial charge in [0.1, 0.15) is 12.4 Å². The summed E-state index contributed by atoms with van der Waals surface area (Å²) >= 11 is 15.9. The van der Waals surface area contributed by atoms with Crippen LogP contribution in [-0.4, -0.2) is 11.7 Å². The third-order valence-electron chi connectivity index (χ3n) is 4.29. The first-order valence-electron chi connectivity index (χ1n) is 8.82. The molecule has 2 N–H and O–H groups in total. The highest BCUT2D eigenvalue weighted by molar-refractivity contribution is 9.10. The van der Waals surface area contributed by atoms with Crippen LogP contribution in [0.1, 0.15) is 22.8 Å². The third kappa shape index (κ3) is 5.72. The van der Waals surface area contributed by atoms with Crippen LogP contribution >= 0.6 is 39.1 Å². The van der Waals surface area contributed by atoms with E-state index in [-0.39, 0.29) is 6.61 Å². The number of nitrogens with one attached hydrogen (secondary N) is 1. The molecular formula is C22H20BrCl2NO2. The predicted molar refractivity (Wildman–Crippen MR) is 118 cm³/mol. The zero-order chi connectivity index (χ0) is 19.9. The Labute approximate surface area is 183 Å². The monoisotopic (exact) mass is 479 g/mol. The van der Waals surface area contributed by atoms with Gasteiger partial charge in [-0.2, -0.15) is 0 Å². The number of ether oxygens (including phenoxy) is 1. The summed E-state index contributed by atoms with van der Waals surface area (Å²) in [5, 5.41) is 14.7. The zero-order valence-corrected chi connectivity index (χ0v) is 18.1. The molecule has 0 saturated heterocycles. The molecule has 146 valence electrons. The van der Waals surface area contributed by atoms with Gasteiger partial charge in [-0.25, -0.2) is 0 Å². The second kappa shape index (κ2) is 10.3. The van der Waals surface area contributed by atoms with Crippen molar-refractivity contribution in [2.24, 2.45) is 0 Å². The quantitative estimate of drug-likeness (QED) is 0.405. The standard InChI is InChI=1S/C22H20BrCl2NO2/c23-17-9-10-22(28-14-18-19(24)7-4-8-20(18)25)16(11-17)12-26-13-21(27)15-5-2-1-3-6-15/h1-11,21,26-27H,12-14H2. The Morgan fingerprint density at radius 2 is 1.68 bits per heavy atom. The van der Waals surface area contributed by atoms with E-state index in [9.17, 15) is 5.11 Å². The van der Waals surface area contributed by atoms with Crippen LogP contribution in [0.25, 0.3) is 0 Å². The molecule has 0 radical (unpaired) electrons. The Morgan fingerprint density at radius 3 is 2.39 bits per heavy atom. The molecule has 0 saturated carbocycles. The molecule has 3 aromatic rings. The van der Waals surface area contributed by atoms with Gasteiger partial charge in [0.25, 0.3) is 0 Å². The summed E-state index contributed by atoms with van der Waals surface area (Å²) in [7, 11) is 0. The summed E-state index contributed by atoms with van der Waals surface area (Å²) in [6.07, 6.45) is -0.570. The van der Waals surface area contributed by atoms with E-state index in [1.165, 1.54) is 0 Å². The number of rotatable bonds is 8. The van der Waals surface area contributed by atoms with Crippen molar-refractivity contribution in [3.63, 3.8) is 0 Å². The van der Waals surface area contributed by atoms with Gasteiger partial charge >= 0.3 is 0 Å². The normalized spacial score (nSPS) is 12.0. The maximum Gasteiger partial charge on any atom is 0.124 e. The van der Waals surface area contributed by atoms with E-state index in [1.807, 2.05) is 48.5 Å². The Morgan fingerprint density at radius 1 is 0.964 bits per heavy atom. The van der Waals surface area contributed by atoms with Crippen molar-refractivity contribution in [1.82, 2.24) is 5.32 Å². The summed E-state index contributed by atoms with van der Waals surface area (Å²) in [6.45, 7) is 1.26. The van der Waals surface area contributed by atoms with E-state index in [1.54, 1.807) is 18.2 Å². The Bertz CT molecular complexity index is 901. The SMILES string of the molecule is OC(CNCc1cc(Br)ccc1OCc1c(Cl)cccc1Cl)c1ccccc1. The van der Waals surface area contributed by atoms with Crippen LogP contribution in [0.3, 0.4) is 0 Å². The summed E-state index contributed by atoms with van der Waals surface area (Å²) in [5.74, 6) is 0.737. The van der Waals surface area contributed by atoms with Crippen molar-refractivity contribution in [1.29, 1.82) is 0 Å². The smallest absolute Gasteiger partial charge is 0.124 e. The topological polar surface area (TPSA) is 41.5 Å². The van der Waals surface area contributed by atoms with Crippen LogP contribution in [0.4, 0.5) is 0 Å². The van der Waals surface area contributed by atoms with Gasteiger partial charge in [-0.15, -0.1) is 0 Å². The van der Waals surface area contributed by atoms with Gasteiger partial charge in [0.15, 0.2) is 0 Å². The van der Waals surface area contributed by atoms with Gasteiger partial charge in [-0.1, -0.05) is 75.5 Å². The fourth-order valence-corrected chi connectivity index (χ4v) is 3.70. The molecule has 1 atom stereocenters. The van der Waals surface area contributed by atoms with Gasteiger partial charge in [0.05, 0.1) is 6.10 Å². The Balaban J connectivity index is 1.64. The van der Waals surface area contributed by atoms with Crippen LogP contribution < -0.4 is 10.1 Å². The molecule has 3 nitrogen and oxygen atoms in total. The highest BCUT2D eigenvalue weighted by Gasteiger charge is 2.11. The number of aliphatic hydroxyl groups is 1. The molecule has 0 heterocycles. The number of hydrogen-bond acceptors (Lipinski definition) is 3. The summed E-state index contributed by atoms with van der Waals surface area (Å²) in [4.78, 5) is 0. The molecule has 6 heteroatoms. The minimum absolute atomic E-state index is 0.278. The maximum absolute atomic E-state index is 10.3. The van der Waals surface area contributed by atoms with Crippen LogP contribution in [0.15, 0.2) is 71.2 Å². The minimum Gasteiger partial charge on any atom is -0.488 e. The maximum atomic E-state index is 10.3. The highest BCUT2D eigenvalue weighted by atomic mass is 79.9. The molecule has 28 heavy (non-hydrogen) atoms. The molecule has 0 aromatic heterocycles. The van der Waals surface area contributed by atoms with Crippen molar-refractivity contribution in [3.8, 4) is 5.75 Å².